The van der Waals surface area contributed by atoms with Crippen LogP contribution in [0.15, 0.2) is 48.5 Å². The first-order valence-electron chi connectivity index (χ1n) is 7.52. The van der Waals surface area contributed by atoms with Gasteiger partial charge in [-0.05, 0) is 42.3 Å². The highest BCUT2D eigenvalue weighted by Gasteiger charge is 2.06. The van der Waals surface area contributed by atoms with E-state index in [0.29, 0.717) is 17.9 Å². The van der Waals surface area contributed by atoms with Crippen molar-refractivity contribution < 1.29 is 4.79 Å². The Morgan fingerprint density at radius 3 is 2.48 bits per heavy atom. The van der Waals surface area contributed by atoms with E-state index < -0.39 is 0 Å². The Kier molecular flexibility index (Phi) is 8.70. The van der Waals surface area contributed by atoms with Crippen molar-refractivity contribution in [1.82, 2.24) is 5.32 Å². The van der Waals surface area contributed by atoms with Gasteiger partial charge >= 0.3 is 0 Å². The van der Waals surface area contributed by atoms with Crippen LogP contribution in [0.4, 0.5) is 5.69 Å². The number of halogens is 2. The van der Waals surface area contributed by atoms with E-state index in [1.54, 1.807) is 0 Å². The second kappa shape index (κ2) is 10.3. The molecule has 0 bridgehead atoms. The van der Waals surface area contributed by atoms with Crippen LogP contribution in [0.2, 0.25) is 5.02 Å². The van der Waals surface area contributed by atoms with Crippen LogP contribution >= 0.6 is 24.0 Å². The predicted octanol–water partition coefficient (Wildman–Crippen LogP) is 4.44. The predicted molar refractivity (Wildman–Crippen MR) is 99.5 cm³/mol. The number of benzene rings is 2. The molecule has 2 N–H and O–H groups in total. The number of aryl methyl sites for hydroxylation is 1. The van der Waals surface area contributed by atoms with Gasteiger partial charge in [-0.1, -0.05) is 48.9 Å². The zero-order valence-electron chi connectivity index (χ0n) is 13.1. The molecule has 0 heterocycles. The fourth-order valence-corrected chi connectivity index (χ4v) is 2.30. The van der Waals surface area contributed by atoms with Crippen molar-refractivity contribution in [3.63, 3.8) is 0 Å². The molecule has 5 heteroatoms. The van der Waals surface area contributed by atoms with E-state index >= 15 is 0 Å². The van der Waals surface area contributed by atoms with E-state index in [9.17, 15) is 4.79 Å². The van der Waals surface area contributed by atoms with Crippen molar-refractivity contribution in [2.24, 2.45) is 0 Å². The summed E-state index contributed by atoms with van der Waals surface area (Å²) >= 11 is 5.86. The van der Waals surface area contributed by atoms with Crippen molar-refractivity contribution in [2.45, 2.75) is 26.3 Å². The average Bonchev–Trinajstić information content (AvgIpc) is 2.53. The first-order valence-corrected chi connectivity index (χ1v) is 7.89. The minimum absolute atomic E-state index is 0. The third-order valence-corrected chi connectivity index (χ3v) is 3.66. The molecule has 0 aliphatic rings. The lowest BCUT2D eigenvalue weighted by Gasteiger charge is -2.11. The van der Waals surface area contributed by atoms with Crippen molar-refractivity contribution >= 4 is 35.6 Å². The number of carbonyl (C=O) groups is 1. The monoisotopic (exact) mass is 352 g/mol. The third-order valence-electron chi connectivity index (χ3n) is 3.41. The Balaban J connectivity index is 0.00000264. The van der Waals surface area contributed by atoms with Gasteiger partial charge in [0.25, 0.3) is 0 Å². The van der Waals surface area contributed by atoms with Gasteiger partial charge in [-0.25, -0.2) is 0 Å². The Bertz CT molecular complexity index is 615. The van der Waals surface area contributed by atoms with E-state index in [1.165, 1.54) is 0 Å². The molecule has 2 rings (SSSR count). The maximum Gasteiger partial charge on any atom is 0.224 e. The first-order chi connectivity index (χ1) is 10.7. The number of carbonyl (C=O) groups excluding carboxylic acids is 1. The number of rotatable bonds is 7. The van der Waals surface area contributed by atoms with Gasteiger partial charge in [0, 0.05) is 23.7 Å². The second-order valence-corrected chi connectivity index (χ2v) is 5.55. The molecular formula is C18H22Cl2N2O. The number of hydrogen-bond acceptors (Lipinski definition) is 2. The number of amides is 1. The minimum Gasteiger partial charge on any atom is -0.326 e. The van der Waals surface area contributed by atoms with Crippen LogP contribution in [0.5, 0.6) is 0 Å². The lowest BCUT2D eigenvalue weighted by molar-refractivity contribution is -0.116. The van der Waals surface area contributed by atoms with Gasteiger partial charge in [0.1, 0.15) is 0 Å². The molecule has 0 radical (unpaired) electrons. The van der Waals surface area contributed by atoms with Crippen LogP contribution < -0.4 is 10.6 Å². The average molecular weight is 353 g/mol. The topological polar surface area (TPSA) is 41.1 Å². The second-order valence-electron chi connectivity index (χ2n) is 5.11. The molecule has 0 aliphatic carbocycles. The fourth-order valence-electron chi connectivity index (χ4n) is 2.18. The minimum atomic E-state index is 0. The van der Waals surface area contributed by atoms with Crippen molar-refractivity contribution in [1.29, 1.82) is 0 Å². The Hall–Kier alpha value is -1.55. The van der Waals surface area contributed by atoms with Gasteiger partial charge in [-0.2, -0.15) is 0 Å². The van der Waals surface area contributed by atoms with Gasteiger partial charge in [-0.3, -0.25) is 4.79 Å². The summed E-state index contributed by atoms with van der Waals surface area (Å²) in [5.74, 6) is 0.0268. The maximum atomic E-state index is 12.1. The van der Waals surface area contributed by atoms with Crippen LogP contribution in [0.1, 0.15) is 24.5 Å². The highest BCUT2D eigenvalue weighted by atomic mass is 35.5. The van der Waals surface area contributed by atoms with E-state index in [2.05, 4.69) is 17.6 Å². The van der Waals surface area contributed by atoms with E-state index in [-0.39, 0.29) is 18.3 Å². The number of hydrogen-bond donors (Lipinski definition) is 2. The first kappa shape index (κ1) is 19.5. The normalized spacial score (nSPS) is 10.0. The number of para-hydroxylation sites is 1. The van der Waals surface area contributed by atoms with Gasteiger partial charge in [0.15, 0.2) is 0 Å². The van der Waals surface area contributed by atoms with Crippen LogP contribution in [-0.2, 0) is 17.8 Å². The number of anilines is 1. The summed E-state index contributed by atoms with van der Waals surface area (Å²) in [6.45, 7) is 3.72. The maximum absolute atomic E-state index is 12.1. The lowest BCUT2D eigenvalue weighted by atomic mass is 10.1. The standard InChI is InChI=1S/C18H21ClN2O.ClH/c1-2-20-13-15-5-3-4-6-17(15)21-18(22)12-9-14-7-10-16(19)11-8-14;/h3-8,10-11,20H,2,9,12-13H2,1H3,(H,21,22);1H. The molecule has 0 spiro atoms. The smallest absolute Gasteiger partial charge is 0.224 e. The van der Waals surface area contributed by atoms with Crippen molar-refractivity contribution in [3.8, 4) is 0 Å². The third kappa shape index (κ3) is 6.61. The number of nitrogens with one attached hydrogen (secondary N) is 2. The molecule has 0 aromatic heterocycles. The summed E-state index contributed by atoms with van der Waals surface area (Å²) in [6, 6.07) is 15.5. The Morgan fingerprint density at radius 1 is 1.09 bits per heavy atom. The molecule has 124 valence electrons. The SMILES string of the molecule is CCNCc1ccccc1NC(=O)CCc1ccc(Cl)cc1.Cl. The van der Waals surface area contributed by atoms with Gasteiger partial charge in [0.05, 0.1) is 0 Å². The largest absolute Gasteiger partial charge is 0.326 e. The molecule has 0 unspecified atom stereocenters. The molecule has 0 saturated heterocycles. The van der Waals surface area contributed by atoms with Crippen LogP contribution in [0, 0.1) is 0 Å². The Labute approximate surface area is 148 Å². The molecule has 3 nitrogen and oxygen atoms in total. The van der Waals surface area contributed by atoms with Crippen LogP contribution in [-0.4, -0.2) is 12.5 Å². The molecule has 2 aromatic rings. The summed E-state index contributed by atoms with van der Waals surface area (Å²) in [4.78, 5) is 12.1. The molecule has 0 atom stereocenters. The summed E-state index contributed by atoms with van der Waals surface area (Å²) < 4.78 is 0. The molecule has 0 aliphatic heterocycles. The van der Waals surface area contributed by atoms with E-state index in [4.69, 9.17) is 11.6 Å². The molecule has 0 fully saturated rings. The lowest BCUT2D eigenvalue weighted by Crippen LogP contribution is -2.17. The molecular weight excluding hydrogens is 331 g/mol. The summed E-state index contributed by atoms with van der Waals surface area (Å²) in [7, 11) is 0. The molecule has 23 heavy (non-hydrogen) atoms. The summed E-state index contributed by atoms with van der Waals surface area (Å²) in [5, 5.41) is 6.99. The zero-order valence-corrected chi connectivity index (χ0v) is 14.7. The van der Waals surface area contributed by atoms with Crippen molar-refractivity contribution in [3.05, 3.63) is 64.7 Å². The van der Waals surface area contributed by atoms with Crippen molar-refractivity contribution in [2.75, 3.05) is 11.9 Å². The zero-order chi connectivity index (χ0) is 15.8. The van der Waals surface area contributed by atoms with Gasteiger partial charge in [0.2, 0.25) is 5.91 Å². The highest BCUT2D eigenvalue weighted by molar-refractivity contribution is 6.30. The highest BCUT2D eigenvalue weighted by Crippen LogP contribution is 2.16. The fraction of sp³-hybridized carbons (Fsp3) is 0.278. The molecule has 0 saturated carbocycles. The van der Waals surface area contributed by atoms with Gasteiger partial charge < -0.3 is 10.6 Å². The Morgan fingerprint density at radius 2 is 1.78 bits per heavy atom. The quantitative estimate of drug-likeness (QED) is 0.773. The summed E-state index contributed by atoms with van der Waals surface area (Å²) in [5.41, 5.74) is 3.09. The van der Waals surface area contributed by atoms with Crippen LogP contribution in [0.3, 0.4) is 0 Å². The van der Waals surface area contributed by atoms with E-state index in [0.717, 1.165) is 29.9 Å². The van der Waals surface area contributed by atoms with Gasteiger partial charge in [-0.15, -0.1) is 12.4 Å². The molecule has 1 amide bonds. The van der Waals surface area contributed by atoms with Crippen LogP contribution in [0.25, 0.3) is 0 Å². The molecule has 2 aromatic carbocycles. The van der Waals surface area contributed by atoms with E-state index in [1.807, 2.05) is 48.5 Å². The summed E-state index contributed by atoms with van der Waals surface area (Å²) in [6.07, 6.45) is 1.16.